The lowest BCUT2D eigenvalue weighted by Crippen LogP contribution is -2.32. The van der Waals surface area contributed by atoms with Crippen LogP contribution in [0.25, 0.3) is 0 Å². The van der Waals surface area contributed by atoms with E-state index in [2.05, 4.69) is 12.2 Å². The predicted octanol–water partition coefficient (Wildman–Crippen LogP) is 2.48. The average Bonchev–Trinajstić information content (AvgIpc) is 2.43. The van der Waals surface area contributed by atoms with Crippen molar-refractivity contribution in [1.29, 1.82) is 0 Å². The fourth-order valence-electron chi connectivity index (χ4n) is 2.68. The van der Waals surface area contributed by atoms with Crippen molar-refractivity contribution in [1.82, 2.24) is 5.32 Å². The molecule has 2 aliphatic heterocycles. The maximum atomic E-state index is 5.86. The summed E-state index contributed by atoms with van der Waals surface area (Å²) in [6, 6.07) is 0.729. The van der Waals surface area contributed by atoms with Gasteiger partial charge in [0.15, 0.2) is 0 Å². The molecule has 0 radical (unpaired) electrons. The molecule has 14 heavy (non-hydrogen) atoms. The summed E-state index contributed by atoms with van der Waals surface area (Å²) in [5.41, 5.74) is 0. The first-order chi connectivity index (χ1) is 6.84. The molecule has 3 unspecified atom stereocenters. The lowest BCUT2D eigenvalue weighted by molar-refractivity contribution is 0.0443. The smallest absolute Gasteiger partial charge is 0.0594 e. The lowest BCUT2D eigenvalue weighted by atomic mass is 10.0. The van der Waals surface area contributed by atoms with Gasteiger partial charge in [-0.3, -0.25) is 0 Å². The standard InChI is InChI=1S/C12H23NO/c1-10-6-7-12(14-10)9-11-5-3-2-4-8-13-11/h10-13H,2-9H2,1H3. The molecule has 0 amide bonds. The Bertz CT molecular complexity index is 164. The van der Waals surface area contributed by atoms with Crippen molar-refractivity contribution >= 4 is 0 Å². The molecule has 2 heterocycles. The largest absolute Gasteiger partial charge is 0.375 e. The highest BCUT2D eigenvalue weighted by atomic mass is 16.5. The third kappa shape index (κ3) is 2.96. The van der Waals surface area contributed by atoms with Crippen molar-refractivity contribution in [3.05, 3.63) is 0 Å². The van der Waals surface area contributed by atoms with E-state index in [1.54, 1.807) is 0 Å². The van der Waals surface area contributed by atoms with Crippen LogP contribution < -0.4 is 5.32 Å². The Balaban J connectivity index is 1.72. The van der Waals surface area contributed by atoms with Crippen LogP contribution in [0, 0.1) is 0 Å². The van der Waals surface area contributed by atoms with Crippen LogP contribution in [-0.4, -0.2) is 24.8 Å². The second-order valence-corrected chi connectivity index (χ2v) is 4.88. The van der Waals surface area contributed by atoms with Gasteiger partial charge in [0.1, 0.15) is 0 Å². The van der Waals surface area contributed by atoms with Crippen molar-refractivity contribution in [2.24, 2.45) is 0 Å². The Morgan fingerprint density at radius 2 is 2.07 bits per heavy atom. The minimum atomic E-state index is 0.505. The maximum absolute atomic E-state index is 5.86. The molecule has 0 spiro atoms. The molecule has 82 valence electrons. The summed E-state index contributed by atoms with van der Waals surface area (Å²) in [6.07, 6.45) is 10.4. The SMILES string of the molecule is CC1CCC(CC2CCCCCN2)O1. The van der Waals surface area contributed by atoms with Crippen LogP contribution in [-0.2, 0) is 4.74 Å². The molecule has 2 aliphatic rings. The van der Waals surface area contributed by atoms with E-state index >= 15 is 0 Å². The van der Waals surface area contributed by atoms with Gasteiger partial charge in [0.05, 0.1) is 12.2 Å². The zero-order valence-corrected chi connectivity index (χ0v) is 9.30. The van der Waals surface area contributed by atoms with Gasteiger partial charge in [0, 0.05) is 6.04 Å². The summed E-state index contributed by atoms with van der Waals surface area (Å²) < 4.78 is 5.86. The second-order valence-electron chi connectivity index (χ2n) is 4.88. The number of rotatable bonds is 2. The highest BCUT2D eigenvalue weighted by molar-refractivity contribution is 4.78. The topological polar surface area (TPSA) is 21.3 Å². The number of ether oxygens (including phenoxy) is 1. The van der Waals surface area contributed by atoms with Crippen LogP contribution >= 0.6 is 0 Å². The first kappa shape index (κ1) is 10.4. The van der Waals surface area contributed by atoms with Gasteiger partial charge in [-0.05, 0) is 45.6 Å². The Morgan fingerprint density at radius 1 is 1.14 bits per heavy atom. The van der Waals surface area contributed by atoms with Crippen LogP contribution in [0.4, 0.5) is 0 Å². The molecule has 3 atom stereocenters. The summed E-state index contributed by atoms with van der Waals surface area (Å²) in [4.78, 5) is 0. The predicted molar refractivity (Wildman–Crippen MR) is 58.4 cm³/mol. The van der Waals surface area contributed by atoms with Crippen molar-refractivity contribution in [3.63, 3.8) is 0 Å². The van der Waals surface area contributed by atoms with Crippen molar-refractivity contribution in [2.75, 3.05) is 6.54 Å². The quantitative estimate of drug-likeness (QED) is 0.734. The van der Waals surface area contributed by atoms with Crippen LogP contribution in [0.15, 0.2) is 0 Å². The average molecular weight is 197 g/mol. The van der Waals surface area contributed by atoms with E-state index in [-0.39, 0.29) is 0 Å². The zero-order valence-electron chi connectivity index (χ0n) is 9.30. The van der Waals surface area contributed by atoms with E-state index in [0.717, 1.165) is 6.04 Å². The lowest BCUT2D eigenvalue weighted by Gasteiger charge is -2.20. The second kappa shape index (κ2) is 5.13. The summed E-state index contributed by atoms with van der Waals surface area (Å²) >= 11 is 0. The number of hydrogen-bond donors (Lipinski definition) is 1. The molecular formula is C12H23NO. The Kier molecular flexibility index (Phi) is 3.82. The first-order valence-corrected chi connectivity index (χ1v) is 6.23. The van der Waals surface area contributed by atoms with Gasteiger partial charge in [0.25, 0.3) is 0 Å². The van der Waals surface area contributed by atoms with Gasteiger partial charge >= 0.3 is 0 Å². The highest BCUT2D eigenvalue weighted by Crippen LogP contribution is 2.24. The fourth-order valence-corrected chi connectivity index (χ4v) is 2.68. The van der Waals surface area contributed by atoms with Crippen LogP contribution in [0.2, 0.25) is 0 Å². The molecule has 2 nitrogen and oxygen atoms in total. The molecule has 0 aromatic rings. The molecule has 0 aromatic carbocycles. The van der Waals surface area contributed by atoms with Crippen molar-refractivity contribution < 1.29 is 4.74 Å². The molecule has 2 heteroatoms. The molecule has 2 saturated heterocycles. The van der Waals surface area contributed by atoms with Crippen LogP contribution in [0.5, 0.6) is 0 Å². The fraction of sp³-hybridized carbons (Fsp3) is 1.00. The normalized spacial score (nSPS) is 39.6. The van der Waals surface area contributed by atoms with Crippen LogP contribution in [0.3, 0.4) is 0 Å². The van der Waals surface area contributed by atoms with E-state index in [0.29, 0.717) is 12.2 Å². The molecule has 2 fully saturated rings. The molecule has 1 N–H and O–H groups in total. The maximum Gasteiger partial charge on any atom is 0.0594 e. The first-order valence-electron chi connectivity index (χ1n) is 6.23. The summed E-state index contributed by atoms with van der Waals surface area (Å²) in [5, 5.41) is 3.64. The van der Waals surface area contributed by atoms with Gasteiger partial charge in [-0.2, -0.15) is 0 Å². The van der Waals surface area contributed by atoms with Crippen molar-refractivity contribution in [2.45, 2.75) is 70.1 Å². The molecular weight excluding hydrogens is 174 g/mol. The van der Waals surface area contributed by atoms with E-state index in [1.165, 1.54) is 51.5 Å². The minimum absolute atomic E-state index is 0.505. The Morgan fingerprint density at radius 3 is 2.86 bits per heavy atom. The van der Waals surface area contributed by atoms with E-state index in [4.69, 9.17) is 4.74 Å². The molecule has 0 aliphatic carbocycles. The van der Waals surface area contributed by atoms with E-state index in [1.807, 2.05) is 0 Å². The monoisotopic (exact) mass is 197 g/mol. The van der Waals surface area contributed by atoms with E-state index < -0.39 is 0 Å². The number of hydrogen-bond acceptors (Lipinski definition) is 2. The number of nitrogens with one attached hydrogen (secondary N) is 1. The van der Waals surface area contributed by atoms with Gasteiger partial charge < -0.3 is 10.1 Å². The molecule has 0 saturated carbocycles. The molecule has 2 rings (SSSR count). The Hall–Kier alpha value is -0.0800. The Labute approximate surface area is 87.4 Å². The highest BCUT2D eigenvalue weighted by Gasteiger charge is 2.25. The summed E-state index contributed by atoms with van der Waals surface area (Å²) in [6.45, 7) is 3.41. The molecule has 0 aromatic heterocycles. The zero-order chi connectivity index (χ0) is 9.80. The van der Waals surface area contributed by atoms with Gasteiger partial charge in [-0.1, -0.05) is 12.8 Å². The van der Waals surface area contributed by atoms with Gasteiger partial charge in [-0.25, -0.2) is 0 Å². The third-order valence-electron chi connectivity index (χ3n) is 3.53. The van der Waals surface area contributed by atoms with E-state index in [9.17, 15) is 0 Å². The van der Waals surface area contributed by atoms with Gasteiger partial charge in [-0.15, -0.1) is 0 Å². The molecule has 0 bridgehead atoms. The minimum Gasteiger partial charge on any atom is -0.375 e. The third-order valence-corrected chi connectivity index (χ3v) is 3.53. The summed E-state index contributed by atoms with van der Waals surface area (Å²) in [7, 11) is 0. The van der Waals surface area contributed by atoms with Crippen molar-refractivity contribution in [3.8, 4) is 0 Å². The van der Waals surface area contributed by atoms with Gasteiger partial charge in [0.2, 0.25) is 0 Å². The van der Waals surface area contributed by atoms with Crippen LogP contribution in [0.1, 0.15) is 51.9 Å². The summed E-state index contributed by atoms with van der Waals surface area (Å²) in [5.74, 6) is 0.